The van der Waals surface area contributed by atoms with E-state index in [0.717, 1.165) is 17.8 Å². The van der Waals surface area contributed by atoms with Crippen LogP contribution in [0.5, 0.6) is 5.75 Å². The summed E-state index contributed by atoms with van der Waals surface area (Å²) in [5, 5.41) is 10.2. The Balaban J connectivity index is 1.44. The fourth-order valence-electron chi connectivity index (χ4n) is 3.17. The number of nitrogens with zero attached hydrogens (tertiary/aromatic N) is 2. The first-order valence-electron chi connectivity index (χ1n) is 9.02. The fourth-order valence-corrected chi connectivity index (χ4v) is 3.17. The van der Waals surface area contributed by atoms with Gasteiger partial charge >= 0.3 is 6.18 Å². The van der Waals surface area contributed by atoms with Crippen molar-refractivity contribution >= 4 is 5.69 Å². The Hall–Kier alpha value is -2.32. The number of piperazine rings is 1. The minimum atomic E-state index is -4.43. The molecule has 1 atom stereocenters. The topological polar surface area (TPSA) is 35.9 Å². The lowest BCUT2D eigenvalue weighted by molar-refractivity contribution is -0.137. The third-order valence-corrected chi connectivity index (χ3v) is 4.62. The zero-order valence-electron chi connectivity index (χ0n) is 15.2. The molecule has 1 aliphatic rings. The van der Waals surface area contributed by atoms with Crippen LogP contribution < -0.4 is 9.64 Å². The fraction of sp³-hybridized carbons (Fsp3) is 0.400. The first-order chi connectivity index (χ1) is 13.3. The average Bonchev–Trinajstić information content (AvgIpc) is 2.66. The molecule has 1 aliphatic heterocycles. The van der Waals surface area contributed by atoms with Crippen LogP contribution in [-0.4, -0.2) is 55.4 Å². The van der Waals surface area contributed by atoms with E-state index in [2.05, 4.69) is 9.80 Å². The molecule has 28 heavy (non-hydrogen) atoms. The Bertz CT molecular complexity index is 777. The van der Waals surface area contributed by atoms with E-state index in [-0.39, 0.29) is 18.2 Å². The number of β-amino-alcohol motifs (C(OH)–C–C–N with tert-alkyl or cyclic N) is 1. The number of benzene rings is 2. The summed E-state index contributed by atoms with van der Waals surface area (Å²) in [7, 11) is 0. The number of hydrogen-bond donors (Lipinski definition) is 1. The lowest BCUT2D eigenvalue weighted by atomic mass is 10.2. The number of ether oxygens (including phenoxy) is 1. The molecule has 3 rings (SSSR count). The van der Waals surface area contributed by atoms with Gasteiger partial charge in [-0.25, -0.2) is 4.39 Å². The molecular weight excluding hydrogens is 376 g/mol. The lowest BCUT2D eigenvalue weighted by Gasteiger charge is -2.36. The zero-order valence-corrected chi connectivity index (χ0v) is 15.2. The van der Waals surface area contributed by atoms with Crippen LogP contribution in [0.1, 0.15) is 5.56 Å². The monoisotopic (exact) mass is 398 g/mol. The molecule has 0 bridgehead atoms. The van der Waals surface area contributed by atoms with Crippen molar-refractivity contribution in [2.75, 3.05) is 44.2 Å². The molecule has 0 aliphatic carbocycles. The molecule has 0 spiro atoms. The Morgan fingerprint density at radius 2 is 1.71 bits per heavy atom. The quantitative estimate of drug-likeness (QED) is 0.757. The van der Waals surface area contributed by atoms with Crippen molar-refractivity contribution in [3.8, 4) is 5.75 Å². The number of anilines is 1. The summed E-state index contributed by atoms with van der Waals surface area (Å²) in [5.41, 5.74) is 0.0426. The Morgan fingerprint density at radius 3 is 2.39 bits per heavy atom. The van der Waals surface area contributed by atoms with Crippen molar-refractivity contribution in [3.05, 3.63) is 59.9 Å². The number of aliphatic hydroxyl groups is 1. The van der Waals surface area contributed by atoms with E-state index in [0.29, 0.717) is 32.7 Å². The highest BCUT2D eigenvalue weighted by atomic mass is 19.4. The third kappa shape index (κ3) is 5.59. The highest BCUT2D eigenvalue weighted by Crippen LogP contribution is 2.31. The summed E-state index contributed by atoms with van der Waals surface area (Å²) < 4.78 is 56.8. The third-order valence-electron chi connectivity index (χ3n) is 4.62. The predicted octanol–water partition coefficient (Wildman–Crippen LogP) is 3.41. The van der Waals surface area contributed by atoms with Gasteiger partial charge < -0.3 is 14.7 Å². The van der Waals surface area contributed by atoms with E-state index < -0.39 is 17.8 Å². The van der Waals surface area contributed by atoms with Crippen LogP contribution in [0.2, 0.25) is 0 Å². The normalized spacial score (nSPS) is 16.8. The van der Waals surface area contributed by atoms with E-state index in [1.807, 2.05) is 6.07 Å². The minimum Gasteiger partial charge on any atom is -0.491 e. The molecule has 1 fully saturated rings. The number of aliphatic hydroxyl groups excluding tert-OH is 1. The maximum absolute atomic E-state index is 13.3. The predicted molar refractivity (Wildman–Crippen MR) is 98.0 cm³/mol. The molecule has 8 heteroatoms. The molecule has 152 valence electrons. The van der Waals surface area contributed by atoms with E-state index in [1.165, 1.54) is 24.3 Å². The van der Waals surface area contributed by atoms with Gasteiger partial charge in [0.25, 0.3) is 0 Å². The number of hydrogen-bond acceptors (Lipinski definition) is 4. The van der Waals surface area contributed by atoms with Crippen LogP contribution in [0.25, 0.3) is 0 Å². The van der Waals surface area contributed by atoms with E-state index >= 15 is 0 Å². The number of alkyl halides is 3. The first-order valence-corrected chi connectivity index (χ1v) is 9.02. The molecule has 1 N–H and O–H groups in total. The molecule has 4 nitrogen and oxygen atoms in total. The second-order valence-electron chi connectivity index (χ2n) is 6.76. The Labute approximate surface area is 160 Å². The number of rotatable bonds is 6. The maximum atomic E-state index is 13.3. The molecular formula is C20H22F4N2O2. The Morgan fingerprint density at radius 1 is 1.00 bits per heavy atom. The van der Waals surface area contributed by atoms with Crippen molar-refractivity contribution < 1.29 is 27.4 Å². The highest BCUT2D eigenvalue weighted by Gasteiger charge is 2.30. The minimum absolute atomic E-state index is 0.0739. The largest absolute Gasteiger partial charge is 0.491 e. The molecule has 2 aromatic rings. The smallest absolute Gasteiger partial charge is 0.416 e. The molecule has 0 saturated carbocycles. The summed E-state index contributed by atoms with van der Waals surface area (Å²) in [6, 6.07) is 11.0. The van der Waals surface area contributed by atoms with Crippen LogP contribution in [-0.2, 0) is 6.18 Å². The van der Waals surface area contributed by atoms with Gasteiger partial charge in [0.1, 0.15) is 24.3 Å². The van der Waals surface area contributed by atoms with Crippen molar-refractivity contribution in [1.29, 1.82) is 0 Å². The van der Waals surface area contributed by atoms with Gasteiger partial charge in [-0.2, -0.15) is 13.2 Å². The summed E-state index contributed by atoms with van der Waals surface area (Å²) in [4.78, 5) is 4.13. The molecule has 0 unspecified atom stereocenters. The van der Waals surface area contributed by atoms with Crippen molar-refractivity contribution in [2.24, 2.45) is 0 Å². The SMILES string of the molecule is O[C@@H](COc1cccc(C(F)(F)F)c1)CN1CCN(c2cccc(F)c2)CC1. The zero-order chi connectivity index (χ0) is 20.1. The second-order valence-corrected chi connectivity index (χ2v) is 6.76. The molecule has 1 saturated heterocycles. The van der Waals surface area contributed by atoms with Crippen LogP contribution in [0.4, 0.5) is 23.2 Å². The summed E-state index contributed by atoms with van der Waals surface area (Å²) in [5.74, 6) is -0.202. The average molecular weight is 398 g/mol. The Kier molecular flexibility index (Phi) is 6.41. The van der Waals surface area contributed by atoms with Gasteiger partial charge in [0.15, 0.2) is 0 Å². The molecule has 0 amide bonds. The summed E-state index contributed by atoms with van der Waals surface area (Å²) in [6.07, 6.45) is -5.26. The van der Waals surface area contributed by atoms with Gasteiger partial charge in [0, 0.05) is 38.4 Å². The molecule has 0 radical (unpaired) electrons. The van der Waals surface area contributed by atoms with Crippen LogP contribution in [0.3, 0.4) is 0 Å². The van der Waals surface area contributed by atoms with E-state index in [9.17, 15) is 22.7 Å². The van der Waals surface area contributed by atoms with Gasteiger partial charge in [-0.1, -0.05) is 12.1 Å². The van der Waals surface area contributed by atoms with Crippen molar-refractivity contribution in [3.63, 3.8) is 0 Å². The van der Waals surface area contributed by atoms with E-state index in [4.69, 9.17) is 4.74 Å². The summed E-state index contributed by atoms with van der Waals surface area (Å²) in [6.45, 7) is 3.05. The molecule has 2 aromatic carbocycles. The molecule has 0 aromatic heterocycles. The van der Waals surface area contributed by atoms with Crippen molar-refractivity contribution in [1.82, 2.24) is 4.90 Å². The van der Waals surface area contributed by atoms with Gasteiger partial charge in [0.2, 0.25) is 0 Å². The van der Waals surface area contributed by atoms with Crippen LogP contribution in [0, 0.1) is 5.82 Å². The lowest BCUT2D eigenvalue weighted by Crippen LogP contribution is -2.49. The highest BCUT2D eigenvalue weighted by molar-refractivity contribution is 5.46. The van der Waals surface area contributed by atoms with Crippen molar-refractivity contribution in [2.45, 2.75) is 12.3 Å². The van der Waals surface area contributed by atoms with E-state index in [1.54, 1.807) is 6.07 Å². The second kappa shape index (κ2) is 8.79. The standard InChI is InChI=1S/C20H22F4N2O2/c21-16-4-2-5-17(12-16)26-9-7-25(8-10-26)13-18(27)14-28-19-6-1-3-15(11-19)20(22,23)24/h1-6,11-12,18,27H,7-10,13-14H2/t18-/m1/s1. The summed E-state index contributed by atoms with van der Waals surface area (Å²) >= 11 is 0. The van der Waals surface area contributed by atoms with Gasteiger partial charge in [-0.3, -0.25) is 4.90 Å². The van der Waals surface area contributed by atoms with Gasteiger partial charge in [-0.15, -0.1) is 0 Å². The number of halogens is 4. The first kappa shape index (κ1) is 20.4. The van der Waals surface area contributed by atoms with Gasteiger partial charge in [-0.05, 0) is 36.4 Å². The van der Waals surface area contributed by atoms with Gasteiger partial charge in [0.05, 0.1) is 5.56 Å². The van der Waals surface area contributed by atoms with Crippen LogP contribution >= 0.6 is 0 Å². The molecule has 1 heterocycles. The maximum Gasteiger partial charge on any atom is 0.416 e. The van der Waals surface area contributed by atoms with Crippen LogP contribution in [0.15, 0.2) is 48.5 Å².